The van der Waals surface area contributed by atoms with E-state index in [1.54, 1.807) is 13.2 Å². The zero-order chi connectivity index (χ0) is 13.1. The van der Waals surface area contributed by atoms with Crippen LogP contribution in [0.5, 0.6) is 5.75 Å². The first-order valence-corrected chi connectivity index (χ1v) is 7.40. The number of hydrogen-bond acceptors (Lipinski definition) is 3. The molecule has 0 saturated carbocycles. The van der Waals surface area contributed by atoms with Crippen LogP contribution in [0.25, 0.3) is 0 Å². The quantitative estimate of drug-likeness (QED) is 0.885. The van der Waals surface area contributed by atoms with Crippen LogP contribution in [0.3, 0.4) is 0 Å². The molecule has 2 rings (SSSR count). The van der Waals surface area contributed by atoms with Crippen LogP contribution >= 0.6 is 38.9 Å². The summed E-state index contributed by atoms with van der Waals surface area (Å²) >= 11 is 11.0. The predicted molar refractivity (Wildman–Crippen MR) is 78.7 cm³/mol. The van der Waals surface area contributed by atoms with Crippen LogP contribution in [0.4, 0.5) is 0 Å². The van der Waals surface area contributed by atoms with Crippen molar-refractivity contribution < 1.29 is 9.84 Å². The summed E-state index contributed by atoms with van der Waals surface area (Å²) in [6.07, 6.45) is -0.0984. The van der Waals surface area contributed by atoms with Crippen molar-refractivity contribution >= 4 is 38.9 Å². The summed E-state index contributed by atoms with van der Waals surface area (Å²) in [6, 6.07) is 7.50. The Morgan fingerprint density at radius 3 is 2.83 bits per heavy atom. The maximum Gasteiger partial charge on any atom is 0.119 e. The van der Waals surface area contributed by atoms with E-state index in [9.17, 15) is 5.11 Å². The van der Waals surface area contributed by atoms with Gasteiger partial charge in [-0.2, -0.15) is 0 Å². The Bertz CT molecular complexity index is 542. The van der Waals surface area contributed by atoms with Crippen molar-refractivity contribution in [3.63, 3.8) is 0 Å². The summed E-state index contributed by atoms with van der Waals surface area (Å²) in [5, 5.41) is 12.7. The van der Waals surface area contributed by atoms with Crippen molar-refractivity contribution in [3.05, 3.63) is 49.6 Å². The molecule has 96 valence electrons. The Balaban J connectivity index is 2.21. The van der Waals surface area contributed by atoms with Gasteiger partial charge in [0.05, 0.1) is 23.1 Å². The van der Waals surface area contributed by atoms with Gasteiger partial charge in [-0.25, -0.2) is 0 Å². The Kier molecular flexibility index (Phi) is 4.67. The second kappa shape index (κ2) is 6.06. The molecular formula is C13H12BrClO2S. The molecule has 0 spiro atoms. The van der Waals surface area contributed by atoms with Crippen LogP contribution in [0.1, 0.15) is 16.5 Å². The number of hydrogen-bond donors (Lipinski definition) is 1. The van der Waals surface area contributed by atoms with E-state index in [1.807, 2.05) is 23.6 Å². The van der Waals surface area contributed by atoms with Gasteiger partial charge in [0.2, 0.25) is 0 Å². The van der Waals surface area contributed by atoms with Crippen molar-refractivity contribution in [2.75, 3.05) is 7.11 Å². The van der Waals surface area contributed by atoms with Crippen LogP contribution in [0.2, 0.25) is 5.02 Å². The Hall–Kier alpha value is -0.550. The smallest absolute Gasteiger partial charge is 0.119 e. The minimum Gasteiger partial charge on any atom is -0.497 e. The molecule has 1 unspecified atom stereocenters. The topological polar surface area (TPSA) is 29.5 Å². The van der Waals surface area contributed by atoms with Gasteiger partial charge in [0.15, 0.2) is 0 Å². The number of rotatable bonds is 4. The third-order valence-corrected chi connectivity index (χ3v) is 4.85. The van der Waals surface area contributed by atoms with Gasteiger partial charge in [-0.05, 0) is 35.2 Å². The lowest BCUT2D eigenvalue weighted by Crippen LogP contribution is -2.01. The molecule has 2 nitrogen and oxygen atoms in total. The Morgan fingerprint density at radius 2 is 2.22 bits per heavy atom. The third kappa shape index (κ3) is 3.06. The average Bonchev–Trinajstić information content (AvgIpc) is 2.78. The summed E-state index contributed by atoms with van der Waals surface area (Å²) in [5.41, 5.74) is 0.992. The standard InChI is InChI=1S/C13H12BrClO2S/c1-17-9-2-3-10(14)8(6-9)7-12(16)13-11(15)4-5-18-13/h2-6,12,16H,7H2,1H3. The molecular weight excluding hydrogens is 336 g/mol. The van der Waals surface area contributed by atoms with Crippen LogP contribution in [-0.4, -0.2) is 12.2 Å². The number of methoxy groups -OCH3 is 1. The Morgan fingerprint density at radius 1 is 1.44 bits per heavy atom. The minimum atomic E-state index is -0.596. The van der Waals surface area contributed by atoms with Gasteiger partial charge in [-0.15, -0.1) is 11.3 Å². The largest absolute Gasteiger partial charge is 0.497 e. The van der Waals surface area contributed by atoms with E-state index in [0.29, 0.717) is 11.4 Å². The van der Waals surface area contributed by atoms with Gasteiger partial charge in [-0.1, -0.05) is 27.5 Å². The van der Waals surface area contributed by atoms with Crippen molar-refractivity contribution in [2.24, 2.45) is 0 Å². The van der Waals surface area contributed by atoms with Crippen LogP contribution in [0.15, 0.2) is 34.1 Å². The number of thiophene rings is 1. The zero-order valence-corrected chi connectivity index (χ0v) is 12.8. The summed E-state index contributed by atoms with van der Waals surface area (Å²) in [6.45, 7) is 0. The molecule has 1 N–H and O–H groups in total. The number of aliphatic hydroxyl groups excluding tert-OH is 1. The zero-order valence-electron chi connectivity index (χ0n) is 9.69. The molecule has 0 fully saturated rings. The van der Waals surface area contributed by atoms with E-state index in [2.05, 4.69) is 15.9 Å². The first-order valence-electron chi connectivity index (χ1n) is 5.35. The number of aliphatic hydroxyl groups is 1. The van der Waals surface area contributed by atoms with E-state index in [4.69, 9.17) is 16.3 Å². The van der Waals surface area contributed by atoms with Crippen LogP contribution in [-0.2, 0) is 6.42 Å². The van der Waals surface area contributed by atoms with Crippen LogP contribution < -0.4 is 4.74 Å². The summed E-state index contributed by atoms with van der Waals surface area (Å²) in [5.74, 6) is 0.776. The number of benzene rings is 1. The normalized spacial score (nSPS) is 12.4. The summed E-state index contributed by atoms with van der Waals surface area (Å²) in [7, 11) is 1.62. The monoisotopic (exact) mass is 346 g/mol. The van der Waals surface area contributed by atoms with Gasteiger partial charge in [0.1, 0.15) is 5.75 Å². The van der Waals surface area contributed by atoms with Crippen molar-refractivity contribution in [2.45, 2.75) is 12.5 Å². The molecule has 2 aromatic rings. The lowest BCUT2D eigenvalue weighted by atomic mass is 10.1. The first-order chi connectivity index (χ1) is 8.61. The van der Waals surface area contributed by atoms with E-state index >= 15 is 0 Å². The molecule has 0 aliphatic rings. The van der Waals surface area contributed by atoms with Crippen molar-refractivity contribution in [1.29, 1.82) is 0 Å². The van der Waals surface area contributed by atoms with Gasteiger partial charge < -0.3 is 9.84 Å². The molecule has 0 saturated heterocycles. The molecule has 0 radical (unpaired) electrons. The highest BCUT2D eigenvalue weighted by atomic mass is 79.9. The third-order valence-electron chi connectivity index (χ3n) is 2.61. The Labute approximate surface area is 123 Å². The molecule has 18 heavy (non-hydrogen) atoms. The lowest BCUT2D eigenvalue weighted by molar-refractivity contribution is 0.182. The molecule has 1 aromatic heterocycles. The first kappa shape index (κ1) is 13.9. The summed E-state index contributed by atoms with van der Waals surface area (Å²) in [4.78, 5) is 0.798. The number of halogens is 2. The molecule has 1 atom stereocenters. The van der Waals surface area contributed by atoms with Gasteiger partial charge in [0.25, 0.3) is 0 Å². The van der Waals surface area contributed by atoms with E-state index in [-0.39, 0.29) is 0 Å². The predicted octanol–water partition coefficient (Wildman–Crippen LogP) is 4.45. The molecule has 5 heteroatoms. The maximum atomic E-state index is 10.2. The van der Waals surface area contributed by atoms with Crippen LogP contribution in [0, 0.1) is 0 Å². The fourth-order valence-electron chi connectivity index (χ4n) is 1.68. The summed E-state index contributed by atoms with van der Waals surface area (Å²) < 4.78 is 6.13. The molecule has 0 aliphatic heterocycles. The van der Waals surface area contributed by atoms with E-state index in [0.717, 1.165) is 20.7 Å². The van der Waals surface area contributed by atoms with Gasteiger partial charge in [0, 0.05) is 10.9 Å². The SMILES string of the molecule is COc1ccc(Br)c(CC(O)c2sccc2Cl)c1. The molecule has 0 aliphatic carbocycles. The van der Waals surface area contributed by atoms with Gasteiger partial charge >= 0.3 is 0 Å². The fraction of sp³-hybridized carbons (Fsp3) is 0.231. The maximum absolute atomic E-state index is 10.2. The fourth-order valence-corrected chi connectivity index (χ4v) is 3.26. The highest BCUT2D eigenvalue weighted by molar-refractivity contribution is 9.10. The molecule has 0 bridgehead atoms. The molecule has 0 amide bonds. The highest BCUT2D eigenvalue weighted by Crippen LogP contribution is 2.33. The highest BCUT2D eigenvalue weighted by Gasteiger charge is 2.15. The van der Waals surface area contributed by atoms with Gasteiger partial charge in [-0.3, -0.25) is 0 Å². The molecule has 1 aromatic carbocycles. The lowest BCUT2D eigenvalue weighted by Gasteiger charge is -2.12. The van der Waals surface area contributed by atoms with E-state index < -0.39 is 6.10 Å². The molecule has 1 heterocycles. The average molecular weight is 348 g/mol. The minimum absolute atomic E-state index is 0.498. The van der Waals surface area contributed by atoms with Crippen molar-refractivity contribution in [3.8, 4) is 5.75 Å². The number of ether oxygens (including phenoxy) is 1. The second-order valence-electron chi connectivity index (χ2n) is 3.81. The van der Waals surface area contributed by atoms with Crippen molar-refractivity contribution in [1.82, 2.24) is 0 Å². The second-order valence-corrected chi connectivity index (χ2v) is 6.02. The van der Waals surface area contributed by atoms with E-state index in [1.165, 1.54) is 11.3 Å².